The molecule has 2 aromatic carbocycles. The lowest BCUT2D eigenvalue weighted by Crippen LogP contribution is -2.52. The number of hydrogen-bond donors (Lipinski definition) is 1. The number of piperazine rings is 1. The van der Waals surface area contributed by atoms with Crippen molar-refractivity contribution in [2.75, 3.05) is 51.2 Å². The Labute approximate surface area is 166 Å². The molecule has 150 valence electrons. The zero-order valence-electron chi connectivity index (χ0n) is 16.5. The van der Waals surface area contributed by atoms with Crippen molar-refractivity contribution < 1.29 is 9.18 Å². The predicted octanol–water partition coefficient (Wildman–Crippen LogP) is 3.18. The fraction of sp³-hybridized carbons (Fsp3) is 0.409. The minimum Gasteiger partial charge on any atom is -0.366 e. The summed E-state index contributed by atoms with van der Waals surface area (Å²) in [7, 11) is 2.09. The fourth-order valence-corrected chi connectivity index (χ4v) is 3.49. The molecule has 28 heavy (non-hydrogen) atoms. The van der Waals surface area contributed by atoms with Crippen LogP contribution in [-0.2, 0) is 6.54 Å². The molecule has 1 N–H and O–H groups in total. The van der Waals surface area contributed by atoms with E-state index in [9.17, 15) is 9.18 Å². The van der Waals surface area contributed by atoms with Crippen LogP contribution >= 0.6 is 0 Å². The first-order valence-electron chi connectivity index (χ1n) is 9.88. The second kappa shape index (κ2) is 10.1. The summed E-state index contributed by atoms with van der Waals surface area (Å²) >= 11 is 0. The zero-order chi connectivity index (χ0) is 19.8. The number of urea groups is 1. The van der Waals surface area contributed by atoms with E-state index in [2.05, 4.69) is 41.5 Å². The zero-order valence-corrected chi connectivity index (χ0v) is 16.5. The first-order chi connectivity index (χ1) is 13.6. The standard InChI is InChI=1S/C22H29FN4O/c1-25(18-19-8-3-2-4-9-19)13-7-12-24-22(28)27-16-14-26(15-17-27)21-11-6-5-10-20(21)23/h2-6,8-11H,7,12-18H2,1H3,(H,24,28). The lowest BCUT2D eigenvalue weighted by Gasteiger charge is -2.36. The Balaban J connectivity index is 1.33. The lowest BCUT2D eigenvalue weighted by molar-refractivity contribution is 0.193. The van der Waals surface area contributed by atoms with Gasteiger partial charge >= 0.3 is 6.03 Å². The molecule has 1 aliphatic rings. The summed E-state index contributed by atoms with van der Waals surface area (Å²) in [5.41, 5.74) is 1.91. The minimum atomic E-state index is -0.208. The van der Waals surface area contributed by atoms with Crippen LogP contribution in [0.25, 0.3) is 0 Å². The molecule has 0 aromatic heterocycles. The molecule has 6 heteroatoms. The van der Waals surface area contributed by atoms with Crippen LogP contribution in [0.5, 0.6) is 0 Å². The van der Waals surface area contributed by atoms with Gasteiger partial charge in [0.15, 0.2) is 0 Å². The van der Waals surface area contributed by atoms with Crippen molar-refractivity contribution in [2.45, 2.75) is 13.0 Å². The molecule has 1 heterocycles. The Hall–Kier alpha value is -2.60. The third-order valence-corrected chi connectivity index (χ3v) is 5.05. The molecule has 0 bridgehead atoms. The first-order valence-corrected chi connectivity index (χ1v) is 9.88. The predicted molar refractivity (Wildman–Crippen MR) is 111 cm³/mol. The average molecular weight is 384 g/mol. The number of amides is 2. The average Bonchev–Trinajstić information content (AvgIpc) is 2.72. The summed E-state index contributed by atoms with van der Waals surface area (Å²) in [5, 5.41) is 3.01. The molecule has 0 radical (unpaired) electrons. The number of para-hydroxylation sites is 1. The molecule has 1 aliphatic heterocycles. The molecule has 1 saturated heterocycles. The molecular formula is C22H29FN4O. The maximum atomic E-state index is 13.9. The topological polar surface area (TPSA) is 38.8 Å². The molecule has 0 unspecified atom stereocenters. The van der Waals surface area contributed by atoms with Crippen LogP contribution in [0.2, 0.25) is 0 Å². The Bertz CT molecular complexity index is 747. The largest absolute Gasteiger partial charge is 0.366 e. The molecule has 3 rings (SSSR count). The summed E-state index contributed by atoms with van der Waals surface area (Å²) in [4.78, 5) is 18.4. The van der Waals surface area contributed by atoms with Gasteiger partial charge in [-0.15, -0.1) is 0 Å². The Morgan fingerprint density at radius 1 is 1.04 bits per heavy atom. The van der Waals surface area contributed by atoms with E-state index in [0.717, 1.165) is 19.5 Å². The summed E-state index contributed by atoms with van der Waals surface area (Å²) in [5.74, 6) is -0.208. The number of carbonyl (C=O) groups excluding carboxylic acids is 1. The van der Waals surface area contributed by atoms with Gasteiger partial charge in [-0.3, -0.25) is 0 Å². The second-order valence-electron chi connectivity index (χ2n) is 7.23. The minimum absolute atomic E-state index is 0.0288. The Morgan fingerprint density at radius 2 is 1.71 bits per heavy atom. The maximum Gasteiger partial charge on any atom is 0.317 e. The SMILES string of the molecule is CN(CCCNC(=O)N1CCN(c2ccccc2F)CC1)Cc1ccccc1. The highest BCUT2D eigenvalue weighted by atomic mass is 19.1. The van der Waals surface area contributed by atoms with Gasteiger partial charge < -0.3 is 20.0 Å². The van der Waals surface area contributed by atoms with E-state index in [1.54, 1.807) is 12.1 Å². The molecule has 5 nitrogen and oxygen atoms in total. The van der Waals surface area contributed by atoms with Crippen LogP contribution in [0.4, 0.5) is 14.9 Å². The van der Waals surface area contributed by atoms with Crippen LogP contribution in [0, 0.1) is 5.82 Å². The number of halogens is 1. The van der Waals surface area contributed by atoms with Gasteiger partial charge in [-0.25, -0.2) is 9.18 Å². The smallest absolute Gasteiger partial charge is 0.317 e. The third kappa shape index (κ3) is 5.70. The van der Waals surface area contributed by atoms with Gasteiger partial charge in [-0.1, -0.05) is 42.5 Å². The summed E-state index contributed by atoms with van der Waals surface area (Å²) in [6, 6.07) is 17.1. The molecule has 0 spiro atoms. The van der Waals surface area contributed by atoms with Gasteiger partial charge in [0.2, 0.25) is 0 Å². The second-order valence-corrected chi connectivity index (χ2v) is 7.23. The number of nitrogens with zero attached hydrogens (tertiary/aromatic N) is 3. The molecule has 2 aromatic rings. The van der Waals surface area contributed by atoms with Gasteiger partial charge in [-0.2, -0.15) is 0 Å². The van der Waals surface area contributed by atoms with Gasteiger partial charge in [0.25, 0.3) is 0 Å². The molecule has 0 saturated carbocycles. The van der Waals surface area contributed by atoms with Gasteiger partial charge in [0.1, 0.15) is 5.82 Å². The third-order valence-electron chi connectivity index (χ3n) is 5.05. The van der Waals surface area contributed by atoms with E-state index < -0.39 is 0 Å². The monoisotopic (exact) mass is 384 g/mol. The molecule has 1 fully saturated rings. The number of rotatable bonds is 7. The van der Waals surface area contributed by atoms with Gasteiger partial charge in [0.05, 0.1) is 5.69 Å². The summed E-state index contributed by atoms with van der Waals surface area (Å²) in [6.45, 7) is 5.00. The first kappa shape index (κ1) is 20.1. The van der Waals surface area contributed by atoms with E-state index in [1.165, 1.54) is 11.6 Å². The number of nitrogens with one attached hydrogen (secondary N) is 1. The van der Waals surface area contributed by atoms with Crippen LogP contribution < -0.4 is 10.2 Å². The van der Waals surface area contributed by atoms with Crippen LogP contribution in [0.15, 0.2) is 54.6 Å². The lowest BCUT2D eigenvalue weighted by atomic mass is 10.2. The number of benzene rings is 2. The van der Waals surface area contributed by atoms with E-state index >= 15 is 0 Å². The van der Waals surface area contributed by atoms with Crippen molar-refractivity contribution in [1.29, 1.82) is 0 Å². The number of anilines is 1. The van der Waals surface area contributed by atoms with E-state index in [1.807, 2.05) is 21.9 Å². The van der Waals surface area contributed by atoms with Crippen molar-refractivity contribution in [3.8, 4) is 0 Å². The van der Waals surface area contributed by atoms with Crippen molar-refractivity contribution in [3.63, 3.8) is 0 Å². The van der Waals surface area contributed by atoms with Crippen LogP contribution in [-0.4, -0.2) is 62.1 Å². The quantitative estimate of drug-likeness (QED) is 0.746. The Kier molecular flexibility index (Phi) is 7.25. The van der Waals surface area contributed by atoms with Crippen molar-refractivity contribution in [2.24, 2.45) is 0 Å². The van der Waals surface area contributed by atoms with Crippen molar-refractivity contribution in [1.82, 2.24) is 15.1 Å². The highest BCUT2D eigenvalue weighted by Gasteiger charge is 2.22. The van der Waals surface area contributed by atoms with E-state index in [4.69, 9.17) is 0 Å². The number of hydrogen-bond acceptors (Lipinski definition) is 3. The van der Waals surface area contributed by atoms with E-state index in [-0.39, 0.29) is 11.8 Å². The number of carbonyl (C=O) groups is 1. The molecule has 0 aliphatic carbocycles. The maximum absolute atomic E-state index is 13.9. The summed E-state index contributed by atoms with van der Waals surface area (Å²) in [6.07, 6.45) is 0.907. The Morgan fingerprint density at radius 3 is 2.43 bits per heavy atom. The fourth-order valence-electron chi connectivity index (χ4n) is 3.49. The van der Waals surface area contributed by atoms with Gasteiger partial charge in [0, 0.05) is 39.3 Å². The van der Waals surface area contributed by atoms with Crippen molar-refractivity contribution >= 4 is 11.7 Å². The van der Waals surface area contributed by atoms with Crippen LogP contribution in [0.1, 0.15) is 12.0 Å². The van der Waals surface area contributed by atoms with E-state index in [0.29, 0.717) is 38.4 Å². The molecule has 2 amide bonds. The summed E-state index contributed by atoms with van der Waals surface area (Å²) < 4.78 is 13.9. The molecule has 0 atom stereocenters. The van der Waals surface area contributed by atoms with Crippen molar-refractivity contribution in [3.05, 3.63) is 66.0 Å². The molecular weight excluding hydrogens is 355 g/mol. The van der Waals surface area contributed by atoms with Gasteiger partial charge in [-0.05, 0) is 37.7 Å². The highest BCUT2D eigenvalue weighted by molar-refractivity contribution is 5.74. The highest BCUT2D eigenvalue weighted by Crippen LogP contribution is 2.20. The van der Waals surface area contributed by atoms with Crippen LogP contribution in [0.3, 0.4) is 0 Å². The normalized spacial score (nSPS) is 14.4.